The molecule has 1 saturated heterocycles. The fraction of sp³-hybridized carbons (Fsp3) is 0.333. The monoisotopic (exact) mass is 369 g/mol. The van der Waals surface area contributed by atoms with Crippen molar-refractivity contribution in [2.24, 2.45) is 0 Å². The molecule has 1 aromatic heterocycles. The molecule has 1 atom stereocenters. The summed E-state index contributed by atoms with van der Waals surface area (Å²) in [6, 6.07) is 1.91. The SMILES string of the molecule is Nc1ccc(CC(=O)NC2CCC(=O)NC2=O)c2nc(C(F)(F)F)[nH]c12. The second kappa shape index (κ2) is 6.32. The number of alkyl halides is 3. The minimum absolute atomic E-state index is 0.0105. The lowest BCUT2D eigenvalue weighted by atomic mass is 10.0. The van der Waals surface area contributed by atoms with E-state index in [1.165, 1.54) is 12.1 Å². The van der Waals surface area contributed by atoms with Crippen molar-refractivity contribution in [2.75, 3.05) is 5.73 Å². The second-order valence-corrected chi connectivity index (χ2v) is 5.87. The number of hydrogen-bond donors (Lipinski definition) is 4. The third kappa shape index (κ3) is 3.46. The Balaban J connectivity index is 1.81. The van der Waals surface area contributed by atoms with E-state index < -0.39 is 35.8 Å². The quantitative estimate of drug-likeness (QED) is 0.466. The predicted octanol–water partition coefficient (Wildman–Crippen LogP) is 0.628. The summed E-state index contributed by atoms with van der Waals surface area (Å²) in [4.78, 5) is 40.5. The molecule has 2 heterocycles. The largest absolute Gasteiger partial charge is 0.449 e. The zero-order chi connectivity index (χ0) is 19.1. The van der Waals surface area contributed by atoms with E-state index in [2.05, 4.69) is 20.6 Å². The van der Waals surface area contributed by atoms with Crippen LogP contribution in [-0.2, 0) is 27.0 Å². The Bertz CT molecular complexity index is 906. The lowest BCUT2D eigenvalue weighted by molar-refractivity contribution is -0.144. The standard InChI is InChI=1S/C15H14F3N5O3/c16-15(17,18)14-22-11-6(1-2-7(19)12(11)23-14)5-10(25)20-8-3-4-9(24)21-13(8)26/h1-2,8H,3-5,19H2,(H,20,25)(H,22,23)(H,21,24,26). The van der Waals surface area contributed by atoms with Gasteiger partial charge in [0.2, 0.25) is 23.5 Å². The van der Waals surface area contributed by atoms with Crippen molar-refractivity contribution >= 4 is 34.4 Å². The maximum absolute atomic E-state index is 12.8. The Morgan fingerprint density at radius 1 is 1.35 bits per heavy atom. The molecule has 0 saturated carbocycles. The number of anilines is 1. The van der Waals surface area contributed by atoms with Gasteiger partial charge in [-0.05, 0) is 18.1 Å². The van der Waals surface area contributed by atoms with Crippen molar-refractivity contribution in [1.82, 2.24) is 20.6 Å². The number of hydrogen-bond acceptors (Lipinski definition) is 5. The summed E-state index contributed by atoms with van der Waals surface area (Å²) in [5.41, 5.74) is 5.89. The van der Waals surface area contributed by atoms with Gasteiger partial charge in [0.1, 0.15) is 6.04 Å². The number of nitrogens with zero attached hydrogens (tertiary/aromatic N) is 1. The molecule has 0 spiro atoms. The molecule has 1 fully saturated rings. The van der Waals surface area contributed by atoms with Gasteiger partial charge in [0.15, 0.2) is 0 Å². The molecule has 8 nitrogen and oxygen atoms in total. The second-order valence-electron chi connectivity index (χ2n) is 5.87. The number of imidazole rings is 1. The molecule has 1 aromatic carbocycles. The maximum Gasteiger partial charge on any atom is 0.449 e. The van der Waals surface area contributed by atoms with Gasteiger partial charge in [0.05, 0.1) is 23.1 Å². The van der Waals surface area contributed by atoms with Crippen LogP contribution in [0, 0.1) is 0 Å². The minimum Gasteiger partial charge on any atom is -0.397 e. The van der Waals surface area contributed by atoms with Crippen molar-refractivity contribution in [1.29, 1.82) is 0 Å². The molecule has 3 amide bonds. The molecule has 3 rings (SSSR count). The summed E-state index contributed by atoms with van der Waals surface area (Å²) in [6.45, 7) is 0. The highest BCUT2D eigenvalue weighted by molar-refractivity contribution is 6.02. The molecule has 1 unspecified atom stereocenters. The van der Waals surface area contributed by atoms with Gasteiger partial charge in [-0.2, -0.15) is 13.2 Å². The Hall–Kier alpha value is -3.11. The summed E-state index contributed by atoms with van der Waals surface area (Å²) in [5, 5.41) is 4.56. The summed E-state index contributed by atoms with van der Waals surface area (Å²) < 4.78 is 38.5. The third-order valence-electron chi connectivity index (χ3n) is 3.95. The summed E-state index contributed by atoms with van der Waals surface area (Å²) >= 11 is 0. The molecule has 1 aliphatic rings. The number of H-pyrrole nitrogens is 1. The van der Waals surface area contributed by atoms with E-state index in [9.17, 15) is 27.6 Å². The minimum atomic E-state index is -4.68. The van der Waals surface area contributed by atoms with Crippen LogP contribution in [0.4, 0.5) is 18.9 Å². The van der Waals surface area contributed by atoms with Crippen molar-refractivity contribution in [3.05, 3.63) is 23.5 Å². The number of fused-ring (bicyclic) bond motifs is 1. The van der Waals surface area contributed by atoms with Gasteiger partial charge in [0, 0.05) is 6.42 Å². The van der Waals surface area contributed by atoms with Gasteiger partial charge in [-0.25, -0.2) is 4.98 Å². The average molecular weight is 369 g/mol. The predicted molar refractivity (Wildman–Crippen MR) is 83.5 cm³/mol. The zero-order valence-corrected chi connectivity index (χ0v) is 13.2. The first-order valence-electron chi connectivity index (χ1n) is 7.62. The van der Waals surface area contributed by atoms with Gasteiger partial charge in [-0.1, -0.05) is 6.07 Å². The fourth-order valence-corrected chi connectivity index (χ4v) is 2.69. The van der Waals surface area contributed by atoms with Crippen LogP contribution in [0.3, 0.4) is 0 Å². The van der Waals surface area contributed by atoms with Crippen LogP contribution in [0.1, 0.15) is 24.2 Å². The molecular weight excluding hydrogens is 355 g/mol. The average Bonchev–Trinajstić information content (AvgIpc) is 2.99. The topological polar surface area (TPSA) is 130 Å². The highest BCUT2D eigenvalue weighted by Crippen LogP contribution is 2.31. The number of imide groups is 1. The molecule has 0 aliphatic carbocycles. The first kappa shape index (κ1) is 17.7. The smallest absolute Gasteiger partial charge is 0.397 e. The van der Waals surface area contributed by atoms with Crippen molar-refractivity contribution in [3.8, 4) is 0 Å². The van der Waals surface area contributed by atoms with Crippen LogP contribution in [0.25, 0.3) is 11.0 Å². The molecule has 0 radical (unpaired) electrons. The van der Waals surface area contributed by atoms with Crippen molar-refractivity contribution < 1.29 is 27.6 Å². The maximum atomic E-state index is 12.8. The number of carbonyl (C=O) groups is 3. The summed E-state index contributed by atoms with van der Waals surface area (Å²) in [5.74, 6) is -2.83. The number of aromatic nitrogens is 2. The zero-order valence-electron chi connectivity index (χ0n) is 13.2. The lowest BCUT2D eigenvalue weighted by Gasteiger charge is -2.21. The van der Waals surface area contributed by atoms with E-state index in [1.807, 2.05) is 0 Å². The van der Waals surface area contributed by atoms with Crippen molar-refractivity contribution in [2.45, 2.75) is 31.5 Å². The van der Waals surface area contributed by atoms with E-state index in [4.69, 9.17) is 5.73 Å². The summed E-state index contributed by atoms with van der Waals surface area (Å²) in [7, 11) is 0. The third-order valence-corrected chi connectivity index (χ3v) is 3.95. The van der Waals surface area contributed by atoms with E-state index in [0.717, 1.165) is 0 Å². The van der Waals surface area contributed by atoms with Crippen LogP contribution >= 0.6 is 0 Å². The molecule has 1 aliphatic heterocycles. The summed E-state index contributed by atoms with van der Waals surface area (Å²) in [6.07, 6.45) is -4.72. The Morgan fingerprint density at radius 3 is 2.73 bits per heavy atom. The Kier molecular flexibility index (Phi) is 4.30. The first-order chi connectivity index (χ1) is 12.1. The fourth-order valence-electron chi connectivity index (χ4n) is 2.69. The van der Waals surface area contributed by atoms with E-state index >= 15 is 0 Å². The first-order valence-corrected chi connectivity index (χ1v) is 7.62. The van der Waals surface area contributed by atoms with E-state index in [1.54, 1.807) is 0 Å². The van der Waals surface area contributed by atoms with Crippen LogP contribution < -0.4 is 16.4 Å². The molecule has 26 heavy (non-hydrogen) atoms. The Labute approximate surface area is 144 Å². The van der Waals surface area contributed by atoms with Crippen LogP contribution in [0.15, 0.2) is 12.1 Å². The number of benzene rings is 1. The van der Waals surface area contributed by atoms with Gasteiger partial charge in [-0.15, -0.1) is 0 Å². The molecule has 11 heteroatoms. The van der Waals surface area contributed by atoms with Crippen molar-refractivity contribution in [3.63, 3.8) is 0 Å². The van der Waals surface area contributed by atoms with E-state index in [-0.39, 0.29) is 41.5 Å². The number of amides is 3. The number of rotatable bonds is 3. The number of piperidine rings is 1. The van der Waals surface area contributed by atoms with Gasteiger partial charge in [-0.3, -0.25) is 19.7 Å². The molecule has 0 bridgehead atoms. The van der Waals surface area contributed by atoms with Gasteiger partial charge in [0.25, 0.3) is 0 Å². The number of nitrogens with one attached hydrogen (secondary N) is 3. The number of halogens is 3. The lowest BCUT2D eigenvalue weighted by Crippen LogP contribution is -2.52. The number of nitrogen functional groups attached to an aromatic ring is 1. The molecule has 138 valence electrons. The highest BCUT2D eigenvalue weighted by atomic mass is 19.4. The number of nitrogens with two attached hydrogens (primary N) is 1. The molecule has 2 aromatic rings. The van der Waals surface area contributed by atoms with Gasteiger partial charge < -0.3 is 16.0 Å². The van der Waals surface area contributed by atoms with Crippen LogP contribution in [-0.4, -0.2) is 33.7 Å². The van der Waals surface area contributed by atoms with Gasteiger partial charge >= 0.3 is 6.18 Å². The highest BCUT2D eigenvalue weighted by Gasteiger charge is 2.35. The Morgan fingerprint density at radius 2 is 2.08 bits per heavy atom. The van der Waals surface area contributed by atoms with E-state index in [0.29, 0.717) is 0 Å². The number of carbonyl (C=O) groups excluding carboxylic acids is 3. The molecule has 5 N–H and O–H groups in total. The van der Waals surface area contributed by atoms with Crippen LogP contribution in [0.2, 0.25) is 0 Å². The molecular formula is C15H14F3N5O3. The van der Waals surface area contributed by atoms with Crippen LogP contribution in [0.5, 0.6) is 0 Å². The normalized spacial score (nSPS) is 18.0. The number of aromatic amines is 1.